The van der Waals surface area contributed by atoms with E-state index in [4.69, 9.17) is 16.0 Å². The minimum absolute atomic E-state index is 0.0446. The second-order valence-electron chi connectivity index (χ2n) is 6.41. The van der Waals surface area contributed by atoms with Crippen LogP contribution >= 0.6 is 22.9 Å². The van der Waals surface area contributed by atoms with E-state index < -0.39 is 0 Å². The first-order chi connectivity index (χ1) is 14.1. The summed E-state index contributed by atoms with van der Waals surface area (Å²) in [4.78, 5) is 17.5. The van der Waals surface area contributed by atoms with Gasteiger partial charge in [0, 0.05) is 21.8 Å². The number of benzene rings is 3. The molecule has 3 aromatic carbocycles. The number of carbonyl (C=O) groups excluding carboxylic acids is 1. The molecular weight excluding hydrogens is 408 g/mol. The van der Waals surface area contributed by atoms with Gasteiger partial charge >= 0.3 is 0 Å². The molecule has 0 saturated heterocycles. The van der Waals surface area contributed by atoms with Crippen molar-refractivity contribution in [3.05, 3.63) is 76.6 Å². The van der Waals surface area contributed by atoms with Gasteiger partial charge in [0.25, 0.3) is 5.91 Å². The summed E-state index contributed by atoms with van der Waals surface area (Å²) in [5, 5.41) is 14.5. The van der Waals surface area contributed by atoms with Crippen molar-refractivity contribution in [1.82, 2.24) is 4.98 Å². The minimum atomic E-state index is -0.329. The molecule has 0 fully saturated rings. The Morgan fingerprint density at radius 3 is 2.66 bits per heavy atom. The smallest absolute Gasteiger partial charge is 0.267 e. The monoisotopic (exact) mass is 420 g/mol. The standard InChI is InChI=1S/C22H13ClN2O3S/c23-19-14-5-1-4-8-18(14)29-20(19)21(27)24-12-9-10-13(16(26)11-12)22-25-15-6-2-3-7-17(15)28-22/h1-11,26H,(H,24,27). The lowest BCUT2D eigenvalue weighted by atomic mass is 10.1. The maximum absolute atomic E-state index is 12.7. The molecular formula is C22H13ClN2O3S. The normalized spacial score (nSPS) is 11.2. The summed E-state index contributed by atoms with van der Waals surface area (Å²) in [6, 6.07) is 19.8. The Kier molecular flexibility index (Phi) is 4.23. The maximum Gasteiger partial charge on any atom is 0.267 e. The third-order valence-electron chi connectivity index (χ3n) is 4.52. The van der Waals surface area contributed by atoms with Gasteiger partial charge in [-0.1, -0.05) is 41.9 Å². The Morgan fingerprint density at radius 1 is 1.07 bits per heavy atom. The van der Waals surface area contributed by atoms with E-state index >= 15 is 0 Å². The number of oxazole rings is 1. The Hall–Kier alpha value is -3.35. The molecule has 142 valence electrons. The van der Waals surface area contributed by atoms with E-state index in [-0.39, 0.29) is 11.7 Å². The molecule has 2 N–H and O–H groups in total. The Morgan fingerprint density at radius 2 is 1.86 bits per heavy atom. The number of fused-ring (bicyclic) bond motifs is 2. The number of amides is 1. The molecule has 0 aliphatic heterocycles. The summed E-state index contributed by atoms with van der Waals surface area (Å²) >= 11 is 7.70. The van der Waals surface area contributed by atoms with E-state index in [2.05, 4.69) is 10.3 Å². The van der Waals surface area contributed by atoms with Crippen molar-refractivity contribution in [2.45, 2.75) is 0 Å². The van der Waals surface area contributed by atoms with Crippen molar-refractivity contribution >= 4 is 55.7 Å². The van der Waals surface area contributed by atoms with Gasteiger partial charge in [0.15, 0.2) is 5.58 Å². The summed E-state index contributed by atoms with van der Waals surface area (Å²) < 4.78 is 6.64. The van der Waals surface area contributed by atoms with Gasteiger partial charge < -0.3 is 14.8 Å². The molecule has 0 saturated carbocycles. The number of nitrogens with zero attached hydrogens (tertiary/aromatic N) is 1. The number of para-hydroxylation sites is 2. The van der Waals surface area contributed by atoms with Crippen molar-refractivity contribution in [3.63, 3.8) is 0 Å². The number of nitrogens with one attached hydrogen (secondary N) is 1. The van der Waals surface area contributed by atoms with Crippen LogP contribution in [0.4, 0.5) is 5.69 Å². The maximum atomic E-state index is 12.7. The summed E-state index contributed by atoms with van der Waals surface area (Å²) in [5.41, 5.74) is 2.23. The third kappa shape index (κ3) is 3.12. The summed E-state index contributed by atoms with van der Waals surface area (Å²) in [6.45, 7) is 0. The first-order valence-electron chi connectivity index (χ1n) is 8.77. The van der Waals surface area contributed by atoms with Crippen molar-refractivity contribution in [1.29, 1.82) is 0 Å². The van der Waals surface area contributed by atoms with E-state index in [9.17, 15) is 9.90 Å². The topological polar surface area (TPSA) is 75.4 Å². The Labute approximate surface area is 174 Å². The van der Waals surface area contributed by atoms with Crippen molar-refractivity contribution in [2.75, 3.05) is 5.32 Å². The van der Waals surface area contributed by atoms with Gasteiger partial charge in [-0.2, -0.15) is 0 Å². The molecule has 5 aromatic rings. The minimum Gasteiger partial charge on any atom is -0.507 e. The number of hydrogen-bond acceptors (Lipinski definition) is 5. The van der Waals surface area contributed by atoms with Gasteiger partial charge in [0.1, 0.15) is 16.1 Å². The molecule has 0 bridgehead atoms. The van der Waals surface area contributed by atoms with Crippen LogP contribution < -0.4 is 5.32 Å². The molecule has 2 aromatic heterocycles. The molecule has 2 heterocycles. The van der Waals surface area contributed by atoms with Crippen molar-refractivity contribution in [3.8, 4) is 17.2 Å². The molecule has 0 radical (unpaired) electrons. The van der Waals surface area contributed by atoms with E-state index in [1.54, 1.807) is 12.1 Å². The van der Waals surface area contributed by atoms with E-state index in [1.807, 2.05) is 48.5 Å². The number of rotatable bonds is 3. The van der Waals surface area contributed by atoms with Crippen molar-refractivity contribution < 1.29 is 14.3 Å². The van der Waals surface area contributed by atoms with Crippen LogP contribution in [0.2, 0.25) is 5.02 Å². The van der Waals surface area contributed by atoms with Crippen LogP contribution in [0.3, 0.4) is 0 Å². The van der Waals surface area contributed by atoms with Crippen LogP contribution in [0.15, 0.2) is 71.1 Å². The number of hydrogen-bond donors (Lipinski definition) is 2. The average Bonchev–Trinajstić information content (AvgIpc) is 3.29. The number of thiophene rings is 1. The molecule has 7 heteroatoms. The first-order valence-corrected chi connectivity index (χ1v) is 9.97. The van der Waals surface area contributed by atoms with E-state index in [0.717, 1.165) is 10.1 Å². The number of aromatic nitrogens is 1. The number of halogens is 1. The van der Waals surface area contributed by atoms with Crippen LogP contribution in [0.25, 0.3) is 32.6 Å². The molecule has 5 rings (SSSR count). The highest BCUT2D eigenvalue weighted by atomic mass is 35.5. The lowest BCUT2D eigenvalue weighted by molar-refractivity contribution is 0.103. The molecule has 1 amide bonds. The Balaban J connectivity index is 1.44. The first kappa shape index (κ1) is 17.7. The fraction of sp³-hybridized carbons (Fsp3) is 0. The molecule has 29 heavy (non-hydrogen) atoms. The molecule has 5 nitrogen and oxygen atoms in total. The van der Waals surface area contributed by atoms with Gasteiger partial charge in [-0.05, 0) is 30.3 Å². The zero-order chi connectivity index (χ0) is 20.0. The number of anilines is 1. The van der Waals surface area contributed by atoms with Gasteiger partial charge in [-0.3, -0.25) is 4.79 Å². The van der Waals surface area contributed by atoms with Crippen LogP contribution in [-0.2, 0) is 0 Å². The number of phenolic OH excluding ortho intramolecular Hbond substituents is 1. The number of phenols is 1. The van der Waals surface area contributed by atoms with Gasteiger partial charge in [-0.15, -0.1) is 11.3 Å². The third-order valence-corrected chi connectivity index (χ3v) is 6.20. The summed E-state index contributed by atoms with van der Waals surface area (Å²) in [5.74, 6) is -0.0591. The molecule has 0 unspecified atom stereocenters. The van der Waals surface area contributed by atoms with Crippen LogP contribution in [0.5, 0.6) is 5.75 Å². The number of carbonyl (C=O) groups is 1. The molecule has 0 aliphatic carbocycles. The van der Waals surface area contributed by atoms with Crippen molar-refractivity contribution in [2.24, 2.45) is 0 Å². The van der Waals surface area contributed by atoms with Crippen LogP contribution in [0, 0.1) is 0 Å². The lowest BCUT2D eigenvalue weighted by Gasteiger charge is -2.07. The van der Waals surface area contributed by atoms with Gasteiger partial charge in [-0.25, -0.2) is 4.98 Å². The molecule has 0 aliphatic rings. The van der Waals surface area contributed by atoms with E-state index in [1.165, 1.54) is 17.4 Å². The predicted octanol–water partition coefficient (Wildman–Crippen LogP) is 6.32. The predicted molar refractivity (Wildman–Crippen MR) is 116 cm³/mol. The molecule has 0 spiro atoms. The second kappa shape index (κ2) is 6.92. The SMILES string of the molecule is O=C(Nc1ccc(-c2nc3ccccc3o2)c(O)c1)c1sc2ccccc2c1Cl. The zero-order valence-corrected chi connectivity index (χ0v) is 16.4. The van der Waals surface area contributed by atoms with Gasteiger partial charge in [0.2, 0.25) is 5.89 Å². The fourth-order valence-electron chi connectivity index (χ4n) is 3.13. The highest BCUT2D eigenvalue weighted by molar-refractivity contribution is 7.21. The highest BCUT2D eigenvalue weighted by Gasteiger charge is 2.18. The lowest BCUT2D eigenvalue weighted by Crippen LogP contribution is -2.10. The largest absolute Gasteiger partial charge is 0.507 e. The van der Waals surface area contributed by atoms with Crippen LogP contribution in [0.1, 0.15) is 9.67 Å². The number of aromatic hydroxyl groups is 1. The summed E-state index contributed by atoms with van der Waals surface area (Å²) in [6.07, 6.45) is 0. The average molecular weight is 421 g/mol. The van der Waals surface area contributed by atoms with E-state index in [0.29, 0.717) is 38.1 Å². The van der Waals surface area contributed by atoms with Crippen LogP contribution in [-0.4, -0.2) is 16.0 Å². The highest BCUT2D eigenvalue weighted by Crippen LogP contribution is 2.36. The fourth-order valence-corrected chi connectivity index (χ4v) is 4.54. The zero-order valence-electron chi connectivity index (χ0n) is 14.8. The summed E-state index contributed by atoms with van der Waals surface area (Å²) in [7, 11) is 0. The Bertz CT molecular complexity index is 1360. The second-order valence-corrected chi connectivity index (χ2v) is 7.84. The quantitative estimate of drug-likeness (QED) is 0.358. The van der Waals surface area contributed by atoms with Gasteiger partial charge in [0.05, 0.1) is 10.6 Å². The molecule has 0 atom stereocenters.